The van der Waals surface area contributed by atoms with Crippen LogP contribution in [0.25, 0.3) is 0 Å². The van der Waals surface area contributed by atoms with Crippen molar-refractivity contribution in [3.8, 4) is 0 Å². The molecule has 0 bridgehead atoms. The summed E-state index contributed by atoms with van der Waals surface area (Å²) < 4.78 is 0. The largest absolute Gasteiger partial charge is 0.354 e. The molecule has 0 saturated heterocycles. The van der Waals surface area contributed by atoms with Gasteiger partial charge >= 0.3 is 0 Å². The Morgan fingerprint density at radius 1 is 1.00 bits per heavy atom. The fourth-order valence-corrected chi connectivity index (χ4v) is 2.62. The summed E-state index contributed by atoms with van der Waals surface area (Å²) in [6.45, 7) is 1.17. The molecule has 1 heterocycles. The van der Waals surface area contributed by atoms with E-state index in [0.717, 1.165) is 25.7 Å². The Balaban J connectivity index is 1.70. The third kappa shape index (κ3) is 4.39. The molecule has 1 aliphatic heterocycles. The maximum Gasteiger partial charge on any atom is 0.261 e. The molecule has 0 saturated carbocycles. The van der Waals surface area contributed by atoms with E-state index in [-0.39, 0.29) is 30.8 Å². The molecule has 1 aliphatic rings. The summed E-state index contributed by atoms with van der Waals surface area (Å²) in [6.07, 6.45) is 4.31. The van der Waals surface area contributed by atoms with Gasteiger partial charge in [0.1, 0.15) is 0 Å². The van der Waals surface area contributed by atoms with E-state index in [0.29, 0.717) is 24.1 Å². The van der Waals surface area contributed by atoms with Crippen LogP contribution in [0.5, 0.6) is 0 Å². The minimum Gasteiger partial charge on any atom is -0.354 e. The van der Waals surface area contributed by atoms with E-state index >= 15 is 0 Å². The van der Waals surface area contributed by atoms with Crippen LogP contribution in [-0.2, 0) is 4.79 Å². The summed E-state index contributed by atoms with van der Waals surface area (Å²) in [5.74, 6) is -0.627. The normalized spacial score (nSPS) is 13.3. The van der Waals surface area contributed by atoms with Crippen LogP contribution < -0.4 is 11.1 Å². The smallest absolute Gasteiger partial charge is 0.261 e. The molecule has 0 spiro atoms. The van der Waals surface area contributed by atoms with Gasteiger partial charge in [-0.2, -0.15) is 0 Å². The maximum absolute atomic E-state index is 12.1. The van der Waals surface area contributed by atoms with Crippen LogP contribution in [-0.4, -0.2) is 42.3 Å². The van der Waals surface area contributed by atoms with Crippen molar-refractivity contribution in [3.05, 3.63) is 35.4 Å². The number of unbranched alkanes of at least 4 members (excludes halogenated alkanes) is 3. The van der Waals surface area contributed by atoms with Gasteiger partial charge in [0.15, 0.2) is 0 Å². The highest BCUT2D eigenvalue weighted by Gasteiger charge is 2.34. The van der Waals surface area contributed by atoms with Gasteiger partial charge in [0, 0.05) is 19.5 Å². The first-order chi connectivity index (χ1) is 11.1. The summed E-state index contributed by atoms with van der Waals surface area (Å²) in [4.78, 5) is 37.2. The van der Waals surface area contributed by atoms with E-state index in [1.54, 1.807) is 24.3 Å². The third-order valence-electron chi connectivity index (χ3n) is 3.89. The zero-order chi connectivity index (χ0) is 16.7. The van der Waals surface area contributed by atoms with Crippen molar-refractivity contribution in [2.45, 2.75) is 32.1 Å². The molecule has 23 heavy (non-hydrogen) atoms. The first kappa shape index (κ1) is 17.1. The number of carbonyl (C=O) groups is 3. The second kappa shape index (κ2) is 8.43. The monoisotopic (exact) mass is 317 g/mol. The number of amides is 3. The summed E-state index contributed by atoms with van der Waals surface area (Å²) in [5.41, 5.74) is 6.28. The number of rotatable bonds is 9. The SMILES string of the molecule is NCCCCCCC(=O)NCCN1C(=O)c2ccccc2C1=O. The Bertz CT molecular complexity index is 551. The average Bonchev–Trinajstić information content (AvgIpc) is 2.80. The van der Waals surface area contributed by atoms with Crippen molar-refractivity contribution < 1.29 is 14.4 Å². The lowest BCUT2D eigenvalue weighted by Crippen LogP contribution is -2.38. The zero-order valence-corrected chi connectivity index (χ0v) is 13.2. The predicted octanol–water partition coefficient (Wildman–Crippen LogP) is 1.31. The number of hydrogen-bond acceptors (Lipinski definition) is 4. The van der Waals surface area contributed by atoms with Gasteiger partial charge in [-0.05, 0) is 31.5 Å². The number of benzene rings is 1. The molecule has 1 aromatic carbocycles. The molecule has 3 amide bonds. The molecular formula is C17H23N3O3. The second-order valence-corrected chi connectivity index (χ2v) is 5.61. The fraction of sp³-hybridized carbons (Fsp3) is 0.471. The number of nitrogens with zero attached hydrogens (tertiary/aromatic N) is 1. The molecule has 3 N–H and O–H groups in total. The predicted molar refractivity (Wildman–Crippen MR) is 87.0 cm³/mol. The summed E-state index contributed by atoms with van der Waals surface area (Å²) in [7, 11) is 0. The van der Waals surface area contributed by atoms with Crippen molar-refractivity contribution in [2.24, 2.45) is 5.73 Å². The number of nitrogens with one attached hydrogen (secondary N) is 1. The van der Waals surface area contributed by atoms with Crippen molar-refractivity contribution in [3.63, 3.8) is 0 Å². The Labute approximate surface area is 136 Å². The first-order valence-corrected chi connectivity index (χ1v) is 8.07. The Morgan fingerprint density at radius 3 is 2.22 bits per heavy atom. The number of imide groups is 1. The number of fused-ring (bicyclic) bond motifs is 1. The van der Waals surface area contributed by atoms with Gasteiger partial charge in [0.2, 0.25) is 5.91 Å². The van der Waals surface area contributed by atoms with E-state index in [9.17, 15) is 14.4 Å². The van der Waals surface area contributed by atoms with E-state index in [4.69, 9.17) is 5.73 Å². The number of hydrogen-bond donors (Lipinski definition) is 2. The van der Waals surface area contributed by atoms with Crippen LogP contribution in [0.2, 0.25) is 0 Å². The number of carbonyl (C=O) groups excluding carboxylic acids is 3. The van der Waals surface area contributed by atoms with Crippen LogP contribution in [0.1, 0.15) is 52.8 Å². The van der Waals surface area contributed by atoms with Crippen molar-refractivity contribution in [2.75, 3.05) is 19.6 Å². The fourth-order valence-electron chi connectivity index (χ4n) is 2.62. The summed E-state index contributed by atoms with van der Waals surface area (Å²) in [6, 6.07) is 6.77. The molecule has 124 valence electrons. The summed E-state index contributed by atoms with van der Waals surface area (Å²) in [5, 5.41) is 2.76. The van der Waals surface area contributed by atoms with Crippen LogP contribution >= 0.6 is 0 Å². The highest BCUT2D eigenvalue weighted by atomic mass is 16.2. The standard InChI is InChI=1S/C17H23N3O3/c18-10-6-2-1-3-9-15(21)19-11-12-20-16(22)13-7-4-5-8-14(13)17(20)23/h4-5,7-8H,1-3,6,9-12,18H2,(H,19,21). The highest BCUT2D eigenvalue weighted by Crippen LogP contribution is 2.21. The van der Waals surface area contributed by atoms with Gasteiger partial charge < -0.3 is 11.1 Å². The lowest BCUT2D eigenvalue weighted by molar-refractivity contribution is -0.121. The highest BCUT2D eigenvalue weighted by molar-refractivity contribution is 6.21. The van der Waals surface area contributed by atoms with Gasteiger partial charge in [-0.3, -0.25) is 19.3 Å². The molecular weight excluding hydrogens is 294 g/mol. The van der Waals surface area contributed by atoms with E-state index < -0.39 is 0 Å². The molecule has 0 aromatic heterocycles. The molecule has 0 aliphatic carbocycles. The zero-order valence-electron chi connectivity index (χ0n) is 13.2. The topological polar surface area (TPSA) is 92.5 Å². The second-order valence-electron chi connectivity index (χ2n) is 5.61. The Kier molecular flexibility index (Phi) is 6.29. The molecule has 0 unspecified atom stereocenters. The van der Waals surface area contributed by atoms with Gasteiger partial charge in [0.25, 0.3) is 11.8 Å². The molecule has 0 radical (unpaired) electrons. The van der Waals surface area contributed by atoms with Crippen LogP contribution in [0.15, 0.2) is 24.3 Å². The lowest BCUT2D eigenvalue weighted by Gasteiger charge is -2.14. The molecule has 2 rings (SSSR count). The van der Waals surface area contributed by atoms with Gasteiger partial charge in [-0.15, -0.1) is 0 Å². The van der Waals surface area contributed by atoms with Crippen molar-refractivity contribution >= 4 is 17.7 Å². The van der Waals surface area contributed by atoms with Crippen LogP contribution in [0.3, 0.4) is 0 Å². The van der Waals surface area contributed by atoms with E-state index in [1.165, 1.54) is 4.90 Å². The summed E-state index contributed by atoms with van der Waals surface area (Å²) >= 11 is 0. The quantitative estimate of drug-likeness (QED) is 0.530. The molecule has 6 nitrogen and oxygen atoms in total. The van der Waals surface area contributed by atoms with E-state index in [2.05, 4.69) is 5.32 Å². The average molecular weight is 317 g/mol. The van der Waals surface area contributed by atoms with Gasteiger partial charge in [0.05, 0.1) is 11.1 Å². The minimum absolute atomic E-state index is 0.0469. The van der Waals surface area contributed by atoms with Crippen molar-refractivity contribution in [1.82, 2.24) is 10.2 Å². The van der Waals surface area contributed by atoms with Gasteiger partial charge in [-0.25, -0.2) is 0 Å². The molecule has 6 heteroatoms. The number of nitrogens with two attached hydrogens (primary N) is 1. The first-order valence-electron chi connectivity index (χ1n) is 8.07. The third-order valence-corrected chi connectivity index (χ3v) is 3.89. The molecule has 0 fully saturated rings. The van der Waals surface area contributed by atoms with E-state index in [1.807, 2.05) is 0 Å². The van der Waals surface area contributed by atoms with Gasteiger partial charge in [-0.1, -0.05) is 25.0 Å². The van der Waals surface area contributed by atoms with Crippen molar-refractivity contribution in [1.29, 1.82) is 0 Å². The Morgan fingerprint density at radius 2 is 1.61 bits per heavy atom. The molecule has 1 aromatic rings. The Hall–Kier alpha value is -2.21. The minimum atomic E-state index is -0.290. The van der Waals surface area contributed by atoms with Crippen LogP contribution in [0, 0.1) is 0 Å². The maximum atomic E-state index is 12.1. The van der Waals surface area contributed by atoms with Crippen LogP contribution in [0.4, 0.5) is 0 Å². The lowest BCUT2D eigenvalue weighted by atomic mass is 10.1. The molecule has 0 atom stereocenters.